The molecule has 2 heterocycles. The fraction of sp³-hybridized carbons (Fsp3) is 0.200. The molecule has 7 nitrogen and oxygen atoms in total. The highest BCUT2D eigenvalue weighted by Gasteiger charge is 2.34. The summed E-state index contributed by atoms with van der Waals surface area (Å²) in [5.74, 6) is -0.0298. The molecule has 0 saturated heterocycles. The van der Waals surface area contributed by atoms with Crippen molar-refractivity contribution in [1.29, 1.82) is 0 Å². The van der Waals surface area contributed by atoms with Crippen molar-refractivity contribution >= 4 is 17.3 Å². The van der Waals surface area contributed by atoms with Gasteiger partial charge in [0, 0.05) is 35.7 Å². The van der Waals surface area contributed by atoms with Gasteiger partial charge in [0.25, 0.3) is 0 Å². The number of ketones is 1. The average Bonchev–Trinajstić information content (AvgIpc) is 2.73. The Morgan fingerprint density at radius 1 is 1.07 bits per heavy atom. The zero-order valence-corrected chi connectivity index (χ0v) is 16.2. The monoisotopic (exact) mass is 418 g/mol. The van der Waals surface area contributed by atoms with E-state index in [9.17, 15) is 18.0 Å². The topological polar surface area (TPSA) is 86.2 Å². The van der Waals surface area contributed by atoms with Crippen LogP contribution in [0.25, 0.3) is 11.4 Å². The smallest absolute Gasteiger partial charge is 0.433 e. The van der Waals surface area contributed by atoms with E-state index in [4.69, 9.17) is 9.47 Å². The molecule has 1 aromatic carbocycles. The summed E-state index contributed by atoms with van der Waals surface area (Å²) < 4.78 is 50.6. The first kappa shape index (κ1) is 21.0. The largest absolute Gasteiger partial charge is 0.493 e. The molecule has 0 bridgehead atoms. The normalized spacial score (nSPS) is 11.1. The van der Waals surface area contributed by atoms with E-state index >= 15 is 0 Å². The molecule has 0 unspecified atom stereocenters. The van der Waals surface area contributed by atoms with Crippen molar-refractivity contribution in [2.75, 3.05) is 19.5 Å². The van der Waals surface area contributed by atoms with E-state index in [0.717, 1.165) is 6.07 Å². The summed E-state index contributed by atoms with van der Waals surface area (Å²) in [7, 11) is 2.82. The Kier molecular flexibility index (Phi) is 5.86. The Balaban J connectivity index is 2.13. The summed E-state index contributed by atoms with van der Waals surface area (Å²) in [6, 6.07) is 6.77. The fourth-order valence-electron chi connectivity index (χ4n) is 2.69. The summed E-state index contributed by atoms with van der Waals surface area (Å²) >= 11 is 0. The first-order chi connectivity index (χ1) is 14.2. The summed E-state index contributed by atoms with van der Waals surface area (Å²) in [6.07, 6.45) is -1.85. The van der Waals surface area contributed by atoms with E-state index in [0.29, 0.717) is 17.1 Å². The second-order valence-electron chi connectivity index (χ2n) is 6.14. The maximum Gasteiger partial charge on any atom is 0.433 e. The molecule has 3 aromatic rings. The van der Waals surface area contributed by atoms with Gasteiger partial charge >= 0.3 is 6.18 Å². The van der Waals surface area contributed by atoms with E-state index in [1.54, 1.807) is 12.1 Å². The number of aromatic nitrogens is 3. The van der Waals surface area contributed by atoms with E-state index in [1.165, 1.54) is 45.7 Å². The van der Waals surface area contributed by atoms with Gasteiger partial charge in [-0.05, 0) is 25.1 Å². The molecule has 0 amide bonds. The summed E-state index contributed by atoms with van der Waals surface area (Å²) in [4.78, 5) is 23.7. The summed E-state index contributed by atoms with van der Waals surface area (Å²) in [5.41, 5.74) is -0.415. The minimum atomic E-state index is -4.70. The van der Waals surface area contributed by atoms with Gasteiger partial charge in [0.15, 0.2) is 28.8 Å². The third kappa shape index (κ3) is 4.48. The van der Waals surface area contributed by atoms with Gasteiger partial charge in [-0.25, -0.2) is 9.97 Å². The number of hydrogen-bond acceptors (Lipinski definition) is 7. The Labute approximate surface area is 169 Å². The van der Waals surface area contributed by atoms with Gasteiger partial charge in [-0.1, -0.05) is 0 Å². The number of carbonyl (C=O) groups is 1. The van der Waals surface area contributed by atoms with Crippen LogP contribution in [0.2, 0.25) is 0 Å². The lowest BCUT2D eigenvalue weighted by Gasteiger charge is -2.16. The zero-order valence-electron chi connectivity index (χ0n) is 16.2. The van der Waals surface area contributed by atoms with Crippen LogP contribution in [0.1, 0.15) is 23.0 Å². The average molecular weight is 418 g/mol. The molecule has 0 spiro atoms. The lowest BCUT2D eigenvalue weighted by atomic mass is 10.1. The van der Waals surface area contributed by atoms with E-state index < -0.39 is 11.9 Å². The maximum atomic E-state index is 13.4. The molecule has 0 radical (unpaired) electrons. The van der Waals surface area contributed by atoms with Gasteiger partial charge in [-0.2, -0.15) is 13.2 Å². The number of halogens is 3. The van der Waals surface area contributed by atoms with Crippen LogP contribution in [0, 0.1) is 0 Å². The van der Waals surface area contributed by atoms with Crippen LogP contribution in [-0.2, 0) is 6.18 Å². The number of benzene rings is 1. The minimum Gasteiger partial charge on any atom is -0.493 e. The number of pyridine rings is 1. The van der Waals surface area contributed by atoms with E-state index in [1.807, 2.05) is 0 Å². The zero-order chi connectivity index (χ0) is 21.9. The summed E-state index contributed by atoms with van der Waals surface area (Å²) in [5, 5.41) is 2.77. The molecule has 0 aliphatic rings. The predicted molar refractivity (Wildman–Crippen MR) is 103 cm³/mol. The van der Waals surface area contributed by atoms with Crippen molar-refractivity contribution in [2.45, 2.75) is 13.1 Å². The number of nitrogens with one attached hydrogen (secondary N) is 1. The molecule has 1 N–H and O–H groups in total. The van der Waals surface area contributed by atoms with Crippen molar-refractivity contribution in [3.8, 4) is 22.9 Å². The van der Waals surface area contributed by atoms with Crippen LogP contribution in [0.5, 0.6) is 11.5 Å². The number of nitrogens with zero attached hydrogens (tertiary/aromatic N) is 3. The second kappa shape index (κ2) is 8.36. The minimum absolute atomic E-state index is 0.147. The molecule has 0 aliphatic heterocycles. The SMILES string of the molecule is COc1cc(Nc2cc(C(F)(F)F)nc(-c3cccnc3)n2)c(C(C)=O)cc1OC. The van der Waals surface area contributed by atoms with Crippen LogP contribution in [0.15, 0.2) is 42.7 Å². The quantitative estimate of drug-likeness (QED) is 0.589. The van der Waals surface area contributed by atoms with Crippen LogP contribution in [-0.4, -0.2) is 35.0 Å². The first-order valence-corrected chi connectivity index (χ1v) is 8.63. The fourth-order valence-corrected chi connectivity index (χ4v) is 2.69. The van der Waals surface area contributed by atoms with Gasteiger partial charge in [0.1, 0.15) is 5.82 Å². The number of ether oxygens (including phenoxy) is 2. The molecular weight excluding hydrogens is 401 g/mol. The van der Waals surface area contributed by atoms with Crippen molar-refractivity contribution in [2.24, 2.45) is 0 Å². The molecule has 3 rings (SSSR count). The number of alkyl halides is 3. The number of carbonyl (C=O) groups excluding carboxylic acids is 1. The number of hydrogen-bond donors (Lipinski definition) is 1. The summed E-state index contributed by atoms with van der Waals surface area (Å²) in [6.45, 7) is 1.33. The number of methoxy groups -OCH3 is 2. The first-order valence-electron chi connectivity index (χ1n) is 8.63. The molecular formula is C20H17F3N4O3. The second-order valence-corrected chi connectivity index (χ2v) is 6.14. The Morgan fingerprint density at radius 3 is 2.33 bits per heavy atom. The Hall–Kier alpha value is -3.69. The van der Waals surface area contributed by atoms with Crippen LogP contribution < -0.4 is 14.8 Å². The number of anilines is 2. The molecule has 2 aromatic heterocycles. The van der Waals surface area contributed by atoms with Crippen LogP contribution >= 0.6 is 0 Å². The molecule has 0 fully saturated rings. The highest BCUT2D eigenvalue weighted by molar-refractivity contribution is 6.01. The standard InChI is InChI=1S/C20H17F3N4O3/c1-11(28)13-7-15(29-2)16(30-3)8-14(13)25-18-9-17(20(21,22)23)26-19(27-18)12-5-4-6-24-10-12/h4-10H,1-3H3,(H,25,26,27). The lowest BCUT2D eigenvalue weighted by molar-refractivity contribution is -0.141. The van der Waals surface area contributed by atoms with Crippen LogP contribution in [0.3, 0.4) is 0 Å². The predicted octanol–water partition coefficient (Wildman–Crippen LogP) is 4.52. The number of rotatable bonds is 6. The van der Waals surface area contributed by atoms with Crippen LogP contribution in [0.4, 0.5) is 24.7 Å². The van der Waals surface area contributed by atoms with Crippen molar-refractivity contribution in [3.63, 3.8) is 0 Å². The van der Waals surface area contributed by atoms with Crippen molar-refractivity contribution in [3.05, 3.63) is 54.0 Å². The van der Waals surface area contributed by atoms with E-state index in [-0.39, 0.29) is 28.7 Å². The van der Waals surface area contributed by atoms with Gasteiger partial charge in [-0.15, -0.1) is 0 Å². The van der Waals surface area contributed by atoms with Gasteiger partial charge < -0.3 is 14.8 Å². The maximum absolute atomic E-state index is 13.4. The van der Waals surface area contributed by atoms with Crippen molar-refractivity contribution < 1.29 is 27.4 Å². The number of Topliss-reactive ketones (excluding diaryl/α,β-unsaturated/α-hetero) is 1. The molecule has 0 aliphatic carbocycles. The Bertz CT molecular complexity index is 1070. The third-order valence-electron chi connectivity index (χ3n) is 4.10. The van der Waals surface area contributed by atoms with Gasteiger partial charge in [-0.3, -0.25) is 9.78 Å². The third-order valence-corrected chi connectivity index (χ3v) is 4.10. The molecule has 0 atom stereocenters. The highest BCUT2D eigenvalue weighted by atomic mass is 19.4. The van der Waals surface area contributed by atoms with Gasteiger partial charge in [0.2, 0.25) is 0 Å². The van der Waals surface area contributed by atoms with Crippen molar-refractivity contribution in [1.82, 2.24) is 15.0 Å². The molecule has 30 heavy (non-hydrogen) atoms. The Morgan fingerprint density at radius 2 is 1.77 bits per heavy atom. The highest BCUT2D eigenvalue weighted by Crippen LogP contribution is 2.36. The lowest BCUT2D eigenvalue weighted by Crippen LogP contribution is -2.12. The molecule has 156 valence electrons. The van der Waals surface area contributed by atoms with E-state index in [2.05, 4.69) is 20.3 Å². The molecule has 10 heteroatoms. The molecule has 0 saturated carbocycles. The van der Waals surface area contributed by atoms with Gasteiger partial charge in [0.05, 0.1) is 19.9 Å².